The van der Waals surface area contributed by atoms with Crippen LogP contribution in [0.5, 0.6) is 17.5 Å². The van der Waals surface area contributed by atoms with Gasteiger partial charge >= 0.3 is 5.88 Å². The van der Waals surface area contributed by atoms with Crippen molar-refractivity contribution < 1.29 is 9.84 Å². The molecule has 4 heteroatoms. The molecule has 0 saturated carbocycles. The van der Waals surface area contributed by atoms with Gasteiger partial charge in [-0.2, -0.15) is 0 Å². The molecule has 2 aromatic rings. The van der Waals surface area contributed by atoms with Gasteiger partial charge in [0.15, 0.2) is 5.75 Å². The van der Waals surface area contributed by atoms with Gasteiger partial charge in [0.05, 0.1) is 0 Å². The maximum atomic E-state index is 11.2. The molecule has 4 nitrogen and oxygen atoms in total. The summed E-state index contributed by atoms with van der Waals surface area (Å²) in [5.41, 5.74) is 0. The van der Waals surface area contributed by atoms with Crippen LogP contribution in [-0.4, -0.2) is 9.97 Å². The Morgan fingerprint density at radius 3 is 2.57 bits per heavy atom. The molecule has 0 unspecified atom stereocenters. The zero-order valence-electron chi connectivity index (χ0n) is 7.25. The van der Waals surface area contributed by atoms with Gasteiger partial charge in [0.25, 0.3) is 0 Å². The maximum Gasteiger partial charge on any atom is 0.312 e. The van der Waals surface area contributed by atoms with Crippen LogP contribution in [-0.2, 0) is 5.11 Å². The van der Waals surface area contributed by atoms with E-state index < -0.39 is 5.88 Å². The molecule has 0 aromatic carbocycles. The highest BCUT2D eigenvalue weighted by Gasteiger charge is 2.05. The van der Waals surface area contributed by atoms with Crippen LogP contribution in [0, 0.1) is 0 Å². The molecule has 0 amide bonds. The Labute approximate surface area is 80.8 Å². The lowest BCUT2D eigenvalue weighted by molar-refractivity contribution is 0.310. The minimum absolute atomic E-state index is 0.186. The van der Waals surface area contributed by atoms with Crippen molar-refractivity contribution in [1.82, 2.24) is 9.97 Å². The average Bonchev–Trinajstić information content (AvgIpc) is 2.23. The first-order chi connectivity index (χ1) is 6.86. The van der Waals surface area contributed by atoms with E-state index in [0.717, 1.165) is 0 Å². The van der Waals surface area contributed by atoms with E-state index in [4.69, 9.17) is 4.74 Å². The topological polar surface area (TPSA) is 54.9 Å². The molecule has 0 aliphatic rings. The molecular formula is C10H7N2O2. The van der Waals surface area contributed by atoms with Crippen molar-refractivity contribution in [2.24, 2.45) is 0 Å². The van der Waals surface area contributed by atoms with E-state index in [2.05, 4.69) is 9.97 Å². The normalized spacial score (nSPS) is 9.71. The Kier molecular flexibility index (Phi) is 2.27. The number of nitrogens with zero attached hydrogens (tertiary/aromatic N) is 2. The Morgan fingerprint density at radius 1 is 1.00 bits per heavy atom. The first-order valence-electron chi connectivity index (χ1n) is 4.07. The summed E-state index contributed by atoms with van der Waals surface area (Å²) in [6.07, 6.45) is 3.02. The Morgan fingerprint density at radius 2 is 1.86 bits per heavy atom. The molecule has 14 heavy (non-hydrogen) atoms. The Balaban J connectivity index is 2.24. The molecule has 0 bridgehead atoms. The van der Waals surface area contributed by atoms with Crippen molar-refractivity contribution in [3.63, 3.8) is 0 Å². The highest BCUT2D eigenvalue weighted by atomic mass is 16.5. The van der Waals surface area contributed by atoms with Gasteiger partial charge in [0, 0.05) is 18.5 Å². The van der Waals surface area contributed by atoms with Crippen molar-refractivity contribution in [2.75, 3.05) is 0 Å². The second-order valence-electron chi connectivity index (χ2n) is 2.58. The number of hydrogen-bond donors (Lipinski definition) is 0. The summed E-state index contributed by atoms with van der Waals surface area (Å²) in [4.78, 5) is 7.49. The van der Waals surface area contributed by atoms with Crippen molar-refractivity contribution in [1.29, 1.82) is 0 Å². The molecular weight excluding hydrogens is 180 g/mol. The molecule has 0 N–H and O–H groups in total. The Hall–Kier alpha value is -2.10. The van der Waals surface area contributed by atoms with Crippen molar-refractivity contribution in [3.05, 3.63) is 42.7 Å². The van der Waals surface area contributed by atoms with Gasteiger partial charge in [-0.05, 0) is 18.2 Å². The van der Waals surface area contributed by atoms with Gasteiger partial charge in [-0.15, -0.1) is 0 Å². The fraction of sp³-hybridized carbons (Fsp3) is 0. The number of ether oxygens (including phenoxy) is 1. The number of rotatable bonds is 2. The molecule has 0 saturated heterocycles. The summed E-state index contributed by atoms with van der Waals surface area (Å²) >= 11 is 0. The molecule has 2 aromatic heterocycles. The van der Waals surface area contributed by atoms with Crippen LogP contribution in [0.25, 0.3) is 0 Å². The van der Waals surface area contributed by atoms with E-state index in [0.29, 0.717) is 5.88 Å². The molecule has 0 aliphatic heterocycles. The summed E-state index contributed by atoms with van der Waals surface area (Å²) in [6.45, 7) is 0. The second kappa shape index (κ2) is 3.74. The first-order valence-corrected chi connectivity index (χ1v) is 4.07. The quantitative estimate of drug-likeness (QED) is 0.725. The Bertz CT molecular complexity index is 417. The van der Waals surface area contributed by atoms with Gasteiger partial charge < -0.3 is 4.74 Å². The van der Waals surface area contributed by atoms with Crippen molar-refractivity contribution in [2.45, 2.75) is 0 Å². The summed E-state index contributed by atoms with van der Waals surface area (Å²) in [6, 6.07) is 8.42. The molecule has 2 heterocycles. The summed E-state index contributed by atoms with van der Waals surface area (Å²) in [5, 5.41) is 11.2. The lowest BCUT2D eigenvalue weighted by Crippen LogP contribution is -1.87. The van der Waals surface area contributed by atoms with E-state index in [1.54, 1.807) is 36.5 Å². The molecule has 0 aliphatic carbocycles. The number of hydrogen-bond acceptors (Lipinski definition) is 3. The number of aromatic nitrogens is 2. The van der Waals surface area contributed by atoms with Crippen molar-refractivity contribution >= 4 is 0 Å². The smallest absolute Gasteiger partial charge is 0.312 e. The molecule has 2 rings (SSSR count). The van der Waals surface area contributed by atoms with E-state index in [9.17, 15) is 5.11 Å². The zero-order valence-corrected chi connectivity index (χ0v) is 7.25. The third-order valence-corrected chi connectivity index (χ3v) is 1.59. The predicted molar refractivity (Wildman–Crippen MR) is 48.7 cm³/mol. The zero-order chi connectivity index (χ0) is 9.80. The van der Waals surface area contributed by atoms with Crippen LogP contribution in [0.15, 0.2) is 42.7 Å². The predicted octanol–water partition coefficient (Wildman–Crippen LogP) is 2.41. The van der Waals surface area contributed by atoms with Crippen molar-refractivity contribution in [3.8, 4) is 17.5 Å². The molecule has 1 radical (unpaired) electrons. The molecule has 69 valence electrons. The lowest BCUT2D eigenvalue weighted by atomic mass is 10.4. The summed E-state index contributed by atoms with van der Waals surface area (Å²) in [5.74, 6) is 0.182. The van der Waals surface area contributed by atoms with Crippen LogP contribution in [0.1, 0.15) is 0 Å². The van der Waals surface area contributed by atoms with E-state index in [-0.39, 0.29) is 5.75 Å². The van der Waals surface area contributed by atoms with Gasteiger partial charge in [-0.1, -0.05) is 6.07 Å². The standard InChI is InChI=1S/C10H7N2O2/c13-10-8(4-3-7-12-10)14-9-5-1-2-6-11-9/h1-7H. The van der Waals surface area contributed by atoms with Crippen LogP contribution in [0.3, 0.4) is 0 Å². The second-order valence-corrected chi connectivity index (χ2v) is 2.58. The minimum Gasteiger partial charge on any atom is -0.433 e. The van der Waals surface area contributed by atoms with Crippen LogP contribution in [0.4, 0.5) is 0 Å². The van der Waals surface area contributed by atoms with Crippen LogP contribution < -0.4 is 4.74 Å². The van der Waals surface area contributed by atoms with Gasteiger partial charge in [-0.3, -0.25) is 5.11 Å². The summed E-state index contributed by atoms with van der Waals surface area (Å²) < 4.78 is 5.22. The average molecular weight is 187 g/mol. The molecule has 0 fully saturated rings. The third kappa shape index (κ3) is 1.80. The molecule has 0 atom stereocenters. The maximum absolute atomic E-state index is 11.2. The van der Waals surface area contributed by atoms with E-state index >= 15 is 0 Å². The third-order valence-electron chi connectivity index (χ3n) is 1.59. The SMILES string of the molecule is [O]c1ncccc1Oc1ccccn1. The first kappa shape index (κ1) is 8.50. The van der Waals surface area contributed by atoms with Crippen LogP contribution in [0.2, 0.25) is 0 Å². The fourth-order valence-electron chi connectivity index (χ4n) is 0.974. The lowest BCUT2D eigenvalue weighted by Gasteiger charge is -2.02. The van der Waals surface area contributed by atoms with Crippen LogP contribution >= 0.6 is 0 Å². The largest absolute Gasteiger partial charge is 0.433 e. The van der Waals surface area contributed by atoms with E-state index in [1.165, 1.54) is 6.20 Å². The number of pyridine rings is 2. The molecule has 0 spiro atoms. The van der Waals surface area contributed by atoms with E-state index in [1.807, 2.05) is 0 Å². The highest BCUT2D eigenvalue weighted by Crippen LogP contribution is 2.26. The minimum atomic E-state index is -0.391. The monoisotopic (exact) mass is 187 g/mol. The highest BCUT2D eigenvalue weighted by molar-refractivity contribution is 5.34. The van der Waals surface area contributed by atoms with Gasteiger partial charge in [0.2, 0.25) is 5.88 Å². The summed E-state index contributed by atoms with van der Waals surface area (Å²) in [7, 11) is 0. The van der Waals surface area contributed by atoms with Gasteiger partial charge in [-0.25, -0.2) is 9.97 Å². The fourth-order valence-corrected chi connectivity index (χ4v) is 0.974. The van der Waals surface area contributed by atoms with Gasteiger partial charge in [0.1, 0.15) is 0 Å².